The van der Waals surface area contributed by atoms with Crippen LogP contribution in [0, 0.1) is 0 Å². The van der Waals surface area contributed by atoms with E-state index < -0.39 is 22.4 Å². The molecule has 1 saturated carbocycles. The first-order valence-corrected chi connectivity index (χ1v) is 9.92. The number of benzene rings is 1. The number of carbonyl (C=O) groups excluding carboxylic acids is 3. The van der Waals surface area contributed by atoms with Crippen LogP contribution in [-0.4, -0.2) is 40.3 Å². The van der Waals surface area contributed by atoms with Crippen molar-refractivity contribution < 1.29 is 23.9 Å². The molecular weight excluding hydrogens is 414 g/mol. The summed E-state index contributed by atoms with van der Waals surface area (Å²) in [7, 11) is 1.25. The minimum Gasteiger partial charge on any atom is -0.463 e. The number of esters is 1. The van der Waals surface area contributed by atoms with Crippen LogP contribution < -0.4 is 0 Å². The highest BCUT2D eigenvalue weighted by Crippen LogP contribution is 2.44. The van der Waals surface area contributed by atoms with Crippen LogP contribution in [0.4, 0.5) is 0 Å². The third kappa shape index (κ3) is 3.52. The molecule has 0 radical (unpaired) electrons. The Morgan fingerprint density at radius 3 is 2.37 bits per heavy atom. The zero-order valence-electron chi connectivity index (χ0n) is 15.4. The first-order chi connectivity index (χ1) is 12.9. The van der Waals surface area contributed by atoms with Crippen LogP contribution in [0.1, 0.15) is 44.6 Å². The summed E-state index contributed by atoms with van der Waals surface area (Å²) in [6.45, 7) is 1.67. The molecule has 0 aromatic heterocycles. The van der Waals surface area contributed by atoms with Crippen molar-refractivity contribution in [2.24, 2.45) is 0 Å². The third-order valence-electron chi connectivity index (χ3n) is 4.97. The number of halogens is 1. The number of rotatable bonds is 3. The maximum atomic E-state index is 13.5. The van der Waals surface area contributed by atoms with E-state index in [9.17, 15) is 14.4 Å². The number of alkyl halides is 1. The van der Waals surface area contributed by atoms with Crippen LogP contribution in [0.2, 0.25) is 0 Å². The van der Waals surface area contributed by atoms with Gasteiger partial charge in [0.15, 0.2) is 5.72 Å². The van der Waals surface area contributed by atoms with Crippen molar-refractivity contribution in [3.63, 3.8) is 0 Å². The van der Waals surface area contributed by atoms with Crippen LogP contribution in [-0.2, 0) is 23.9 Å². The molecule has 7 heteroatoms. The first kappa shape index (κ1) is 19.6. The van der Waals surface area contributed by atoms with Crippen molar-refractivity contribution in [2.75, 3.05) is 7.11 Å². The van der Waals surface area contributed by atoms with E-state index in [1.54, 1.807) is 31.2 Å². The largest absolute Gasteiger partial charge is 0.463 e. The van der Waals surface area contributed by atoms with Gasteiger partial charge in [-0.3, -0.25) is 9.59 Å². The van der Waals surface area contributed by atoms with Gasteiger partial charge in [0.1, 0.15) is 0 Å². The van der Waals surface area contributed by atoms with Gasteiger partial charge in [-0.2, -0.15) is 0 Å². The lowest BCUT2D eigenvalue weighted by atomic mass is 9.87. The summed E-state index contributed by atoms with van der Waals surface area (Å²) in [6.07, 6.45) is 3.60. The summed E-state index contributed by atoms with van der Waals surface area (Å²) >= 11 is 3.28. The Balaban J connectivity index is 2.21. The van der Waals surface area contributed by atoms with Crippen molar-refractivity contribution in [1.82, 2.24) is 4.90 Å². The minimum absolute atomic E-state index is 0.0557. The molecule has 1 spiro atoms. The second-order valence-electron chi connectivity index (χ2n) is 6.77. The van der Waals surface area contributed by atoms with Crippen LogP contribution in [0.5, 0.6) is 0 Å². The van der Waals surface area contributed by atoms with Gasteiger partial charge in [0.05, 0.1) is 17.5 Å². The first-order valence-electron chi connectivity index (χ1n) is 9.01. The Morgan fingerprint density at radius 1 is 1.19 bits per heavy atom. The summed E-state index contributed by atoms with van der Waals surface area (Å²) in [5, 5.41) is 0. The van der Waals surface area contributed by atoms with Crippen molar-refractivity contribution in [3.8, 4) is 0 Å². The lowest BCUT2D eigenvalue weighted by Gasteiger charge is -2.48. The molecule has 1 aliphatic heterocycles. The zero-order valence-corrected chi connectivity index (χ0v) is 17.0. The van der Waals surface area contributed by atoms with E-state index in [-0.39, 0.29) is 17.2 Å². The van der Waals surface area contributed by atoms with E-state index in [1.807, 2.05) is 6.07 Å². The molecule has 1 aliphatic carbocycles. The third-order valence-corrected chi connectivity index (χ3v) is 5.36. The molecular formula is C20H22BrNO5. The number of carbonyl (C=O) groups is 3. The van der Waals surface area contributed by atoms with Gasteiger partial charge in [0.25, 0.3) is 5.91 Å². The highest BCUT2D eigenvalue weighted by Gasteiger charge is 2.53. The second-order valence-corrected chi connectivity index (χ2v) is 8.14. The fourth-order valence-corrected chi connectivity index (χ4v) is 3.89. The topological polar surface area (TPSA) is 72.9 Å². The average molecular weight is 436 g/mol. The van der Waals surface area contributed by atoms with Crippen molar-refractivity contribution >= 4 is 39.3 Å². The zero-order chi connectivity index (χ0) is 19.6. The molecule has 1 atom stereocenters. The molecule has 0 bridgehead atoms. The quantitative estimate of drug-likeness (QED) is 0.537. The summed E-state index contributed by atoms with van der Waals surface area (Å²) < 4.78 is 11.0. The molecule has 144 valence electrons. The smallest absolute Gasteiger partial charge is 0.374 e. The predicted octanol–water partition coefficient (Wildman–Crippen LogP) is 3.40. The minimum atomic E-state index is -1.14. The molecule has 1 heterocycles. The molecule has 0 N–H and O–H groups in total. The van der Waals surface area contributed by atoms with Crippen molar-refractivity contribution in [1.29, 1.82) is 0 Å². The summed E-state index contributed by atoms with van der Waals surface area (Å²) in [5.41, 5.74) is -0.579. The maximum absolute atomic E-state index is 13.5. The number of amides is 2. The normalized spacial score (nSPS) is 20.3. The molecule has 1 aromatic carbocycles. The molecule has 2 aliphatic rings. The number of hydrogen-bond acceptors (Lipinski definition) is 5. The maximum Gasteiger partial charge on any atom is 0.374 e. The number of nitrogens with zero attached hydrogens (tertiary/aromatic N) is 1. The molecule has 1 unspecified atom stereocenters. The fourth-order valence-electron chi connectivity index (χ4n) is 3.69. The van der Waals surface area contributed by atoms with E-state index in [0.29, 0.717) is 18.4 Å². The Labute approximate surface area is 166 Å². The Kier molecular flexibility index (Phi) is 5.69. The van der Waals surface area contributed by atoms with Gasteiger partial charge >= 0.3 is 5.97 Å². The van der Waals surface area contributed by atoms with E-state index in [1.165, 1.54) is 12.0 Å². The molecule has 0 saturated heterocycles. The SMILES string of the molecule is COC(=O)C1=C(c2ccccc2)C(=O)N(C(=O)C(C)Br)C2(CCCCC2)O1. The summed E-state index contributed by atoms with van der Waals surface area (Å²) in [5.74, 6) is -1.74. The molecule has 2 amide bonds. The lowest BCUT2D eigenvalue weighted by Crippen LogP contribution is -2.61. The van der Waals surface area contributed by atoms with Crippen LogP contribution in [0.25, 0.3) is 5.57 Å². The van der Waals surface area contributed by atoms with E-state index in [2.05, 4.69) is 15.9 Å². The molecule has 6 nitrogen and oxygen atoms in total. The molecule has 1 fully saturated rings. The Bertz CT molecular complexity index is 781. The number of methoxy groups -OCH3 is 1. The Hall–Kier alpha value is -2.15. The van der Waals surface area contributed by atoms with E-state index >= 15 is 0 Å². The number of imide groups is 1. The van der Waals surface area contributed by atoms with Crippen LogP contribution >= 0.6 is 15.9 Å². The average Bonchev–Trinajstić information content (AvgIpc) is 2.68. The molecule has 27 heavy (non-hydrogen) atoms. The van der Waals surface area contributed by atoms with Gasteiger partial charge in [-0.1, -0.05) is 52.7 Å². The predicted molar refractivity (Wildman–Crippen MR) is 103 cm³/mol. The summed E-state index contributed by atoms with van der Waals surface area (Å²) in [6, 6.07) is 8.74. The van der Waals surface area contributed by atoms with E-state index in [0.717, 1.165) is 19.3 Å². The number of hydrogen-bond donors (Lipinski definition) is 0. The highest BCUT2D eigenvalue weighted by atomic mass is 79.9. The van der Waals surface area contributed by atoms with Gasteiger partial charge in [-0.25, -0.2) is 9.69 Å². The van der Waals surface area contributed by atoms with Gasteiger partial charge in [0, 0.05) is 12.8 Å². The Morgan fingerprint density at radius 2 is 1.81 bits per heavy atom. The lowest BCUT2D eigenvalue weighted by molar-refractivity contribution is -0.189. The van der Waals surface area contributed by atoms with Gasteiger partial charge in [0.2, 0.25) is 11.7 Å². The van der Waals surface area contributed by atoms with Crippen LogP contribution in [0.15, 0.2) is 36.1 Å². The van der Waals surface area contributed by atoms with Gasteiger partial charge < -0.3 is 9.47 Å². The van der Waals surface area contributed by atoms with E-state index in [4.69, 9.17) is 9.47 Å². The van der Waals surface area contributed by atoms with Crippen molar-refractivity contribution in [2.45, 2.75) is 49.6 Å². The summed E-state index contributed by atoms with van der Waals surface area (Å²) in [4.78, 5) is 39.6. The van der Waals surface area contributed by atoms with Crippen LogP contribution in [0.3, 0.4) is 0 Å². The second kappa shape index (κ2) is 7.84. The molecule has 1 aromatic rings. The van der Waals surface area contributed by atoms with Gasteiger partial charge in [-0.15, -0.1) is 0 Å². The van der Waals surface area contributed by atoms with Crippen molar-refractivity contribution in [3.05, 3.63) is 41.7 Å². The van der Waals surface area contributed by atoms with Gasteiger partial charge in [-0.05, 0) is 25.3 Å². The highest BCUT2D eigenvalue weighted by molar-refractivity contribution is 9.10. The molecule has 3 rings (SSSR count). The fraction of sp³-hybridized carbons (Fsp3) is 0.450. The standard InChI is InChI=1S/C20H22BrNO5/c1-13(21)17(23)22-18(24)15(14-9-5-3-6-10-14)16(19(25)26-2)27-20(22)11-7-4-8-12-20/h3,5-6,9-10,13H,4,7-8,11-12H2,1-2H3. The monoisotopic (exact) mass is 435 g/mol. The number of ether oxygens (including phenoxy) is 2.